The zero-order valence-corrected chi connectivity index (χ0v) is 32.6. The maximum atomic E-state index is 13.9. The van der Waals surface area contributed by atoms with Crippen LogP contribution in [-0.4, -0.2) is 76.4 Å². The molecule has 9 atom stereocenters. The molecule has 0 saturated carbocycles. The number of amides is 1. The number of aliphatic hydroxyl groups is 2. The fourth-order valence-corrected chi connectivity index (χ4v) is 6.83. The molecule has 0 spiro atoms. The predicted octanol–water partition coefficient (Wildman–Crippen LogP) is 0.984. The van der Waals surface area contributed by atoms with Crippen molar-refractivity contribution < 1.29 is 88.4 Å². The number of nitrogens with one attached hydrogen (secondary N) is 1. The SMILES string of the molecule is COC(=O)[C@H]1[C@H](C)[C@H](O)[C@H](C)[C@@H](O)[C@@H](C)/C=C/C=C(/C)C(=O)Nc2cc([O-])c3c4c(c(C)c(O)c3c2O)O[C@](C)(O/C=C/[C@H](OC)[C@H]1C)C4=O.[Na+]. The number of ketones is 1. The summed E-state index contributed by atoms with van der Waals surface area (Å²) in [7, 11) is 2.65. The van der Waals surface area contributed by atoms with Crippen molar-refractivity contribution in [1.29, 1.82) is 0 Å². The molecular weight excluding hydrogens is 673 g/mol. The molecular formula is C37H46NNaO12. The first-order valence-corrected chi connectivity index (χ1v) is 16.3. The van der Waals surface area contributed by atoms with E-state index < -0.39 is 88.6 Å². The largest absolute Gasteiger partial charge is 1.00 e. The van der Waals surface area contributed by atoms with Gasteiger partial charge in [0.05, 0.1) is 54.2 Å². The summed E-state index contributed by atoms with van der Waals surface area (Å²) in [6.45, 7) is 11.1. The Labute approximate surface area is 319 Å². The standard InChI is InChI=1S/C37H47NO12.Na/c1-16-11-10-12-17(2)35(45)38-22-15-23(39)26-27(32(22)43)31(42)21(6)33-28(26)34(44)37(7,50-33)49-14-13-24(47-8)18(3)25(36(46)48-9)19(4)30(41)20(5)29(16)40;/h10-16,18-20,24-25,29-30,39-43H,1-9H3,(H,38,45);/q;+1/p-1/b11-10+,14-13+,17-12-;/t16-,18+,19-,20+,24-,25+,29-,30-,37-;/m0./s1. The molecule has 272 valence electrons. The van der Waals surface area contributed by atoms with Gasteiger partial charge in [0, 0.05) is 37.0 Å². The summed E-state index contributed by atoms with van der Waals surface area (Å²) in [4.78, 5) is 40.1. The summed E-state index contributed by atoms with van der Waals surface area (Å²) in [6.07, 6.45) is 4.30. The number of fused-ring (bicyclic) bond motifs is 14. The van der Waals surface area contributed by atoms with E-state index in [4.69, 9.17) is 18.9 Å². The van der Waals surface area contributed by atoms with Gasteiger partial charge in [0.25, 0.3) is 11.7 Å². The van der Waals surface area contributed by atoms with Crippen molar-refractivity contribution in [3.05, 3.63) is 53.3 Å². The number of hydrogen-bond donors (Lipinski definition) is 5. The predicted molar refractivity (Wildman–Crippen MR) is 182 cm³/mol. The van der Waals surface area contributed by atoms with Crippen LogP contribution in [0.2, 0.25) is 0 Å². The number of aliphatic hydroxyl groups excluding tert-OH is 2. The second-order valence-electron chi connectivity index (χ2n) is 13.4. The van der Waals surface area contributed by atoms with Crippen LogP contribution in [0.25, 0.3) is 10.8 Å². The third kappa shape index (κ3) is 7.79. The summed E-state index contributed by atoms with van der Waals surface area (Å²) in [5.74, 6) is -9.54. The molecule has 0 fully saturated rings. The van der Waals surface area contributed by atoms with Crippen LogP contribution in [0, 0.1) is 36.5 Å². The van der Waals surface area contributed by atoms with Crippen molar-refractivity contribution in [2.45, 2.75) is 72.6 Å². The molecule has 0 aromatic heterocycles. The summed E-state index contributed by atoms with van der Waals surface area (Å²) in [5.41, 5.74) is -0.278. The molecule has 0 radical (unpaired) electrons. The third-order valence-corrected chi connectivity index (χ3v) is 10.1. The Hall–Kier alpha value is -3.59. The minimum atomic E-state index is -2.02. The third-order valence-electron chi connectivity index (χ3n) is 10.1. The average Bonchev–Trinajstić information content (AvgIpc) is 3.34. The van der Waals surface area contributed by atoms with E-state index in [1.165, 1.54) is 53.4 Å². The summed E-state index contributed by atoms with van der Waals surface area (Å²) < 4.78 is 22.5. The minimum Gasteiger partial charge on any atom is -0.872 e. The van der Waals surface area contributed by atoms with E-state index in [0.29, 0.717) is 0 Å². The van der Waals surface area contributed by atoms with E-state index in [9.17, 15) is 39.9 Å². The Morgan fingerprint density at radius 1 is 0.961 bits per heavy atom. The number of aromatic hydroxyl groups is 2. The van der Waals surface area contributed by atoms with Crippen LogP contribution in [0.1, 0.15) is 57.5 Å². The molecule has 13 nitrogen and oxygen atoms in total. The van der Waals surface area contributed by atoms with E-state index in [1.54, 1.807) is 39.8 Å². The van der Waals surface area contributed by atoms with Gasteiger partial charge in [-0.05, 0) is 43.2 Å². The zero-order valence-electron chi connectivity index (χ0n) is 30.6. The molecule has 2 aromatic rings. The van der Waals surface area contributed by atoms with Crippen molar-refractivity contribution in [1.82, 2.24) is 0 Å². The number of carbonyl (C=O) groups excluding carboxylic acids is 3. The number of Topliss-reactive ketones (excluding diaryl/α,β-unsaturated/α-hetero) is 1. The molecule has 5 bridgehead atoms. The van der Waals surface area contributed by atoms with Crippen LogP contribution in [0.3, 0.4) is 0 Å². The number of phenolic OH excluding ortho intramolecular Hbond substituents is 2. The molecule has 0 unspecified atom stereocenters. The summed E-state index contributed by atoms with van der Waals surface area (Å²) in [5, 5.41) is 60.3. The van der Waals surface area contributed by atoms with Gasteiger partial charge < -0.3 is 49.8 Å². The first-order valence-electron chi connectivity index (χ1n) is 16.3. The number of benzene rings is 2. The molecule has 3 heterocycles. The number of esters is 1. The maximum Gasteiger partial charge on any atom is 1.00 e. The number of anilines is 1. The molecule has 14 heteroatoms. The van der Waals surface area contributed by atoms with Crippen LogP contribution < -0.4 is 44.7 Å². The summed E-state index contributed by atoms with van der Waals surface area (Å²) >= 11 is 0. The van der Waals surface area contributed by atoms with Gasteiger partial charge in [0.2, 0.25) is 0 Å². The molecule has 5 N–H and O–H groups in total. The summed E-state index contributed by atoms with van der Waals surface area (Å²) in [6, 6.07) is 0.949. The van der Waals surface area contributed by atoms with E-state index in [2.05, 4.69) is 5.32 Å². The smallest absolute Gasteiger partial charge is 0.872 e. The van der Waals surface area contributed by atoms with E-state index in [-0.39, 0.29) is 68.5 Å². The van der Waals surface area contributed by atoms with E-state index >= 15 is 0 Å². The fourth-order valence-electron chi connectivity index (χ4n) is 6.83. The Balaban J connectivity index is 0.00000702. The molecule has 3 aliphatic rings. The van der Waals surface area contributed by atoms with Crippen molar-refractivity contribution >= 4 is 34.1 Å². The van der Waals surface area contributed by atoms with Crippen LogP contribution in [0.5, 0.6) is 23.0 Å². The molecule has 0 saturated heterocycles. The van der Waals surface area contributed by atoms with Gasteiger partial charge in [-0.2, -0.15) is 0 Å². The normalized spacial score (nSPS) is 32.6. The van der Waals surface area contributed by atoms with E-state index in [1.807, 2.05) is 0 Å². The maximum absolute atomic E-state index is 13.9. The average molecular weight is 720 g/mol. The number of hydrogen-bond acceptors (Lipinski definition) is 12. The van der Waals surface area contributed by atoms with Crippen molar-refractivity contribution in [2.24, 2.45) is 29.6 Å². The van der Waals surface area contributed by atoms with Gasteiger partial charge in [-0.15, -0.1) is 0 Å². The Bertz CT molecular complexity index is 1770. The molecule has 51 heavy (non-hydrogen) atoms. The molecule has 5 rings (SSSR count). The van der Waals surface area contributed by atoms with Gasteiger partial charge in [-0.3, -0.25) is 14.4 Å². The molecule has 0 aliphatic carbocycles. The second kappa shape index (κ2) is 16.4. The van der Waals surface area contributed by atoms with Crippen LogP contribution in [0.4, 0.5) is 5.69 Å². The van der Waals surface area contributed by atoms with Gasteiger partial charge in [-0.1, -0.05) is 51.7 Å². The number of carbonyl (C=O) groups is 3. The van der Waals surface area contributed by atoms with Crippen LogP contribution in [-0.2, 0) is 23.8 Å². The van der Waals surface area contributed by atoms with Gasteiger partial charge in [0.15, 0.2) is 5.75 Å². The second-order valence-corrected chi connectivity index (χ2v) is 13.4. The molecule has 2 aromatic carbocycles. The topological polar surface area (TPSA) is 204 Å². The Morgan fingerprint density at radius 3 is 2.22 bits per heavy atom. The quantitative estimate of drug-likeness (QED) is 0.168. The number of allylic oxidation sites excluding steroid dienone is 2. The number of ether oxygens (including phenoxy) is 4. The first-order chi connectivity index (χ1) is 23.4. The monoisotopic (exact) mass is 719 g/mol. The van der Waals surface area contributed by atoms with Gasteiger partial charge in [-0.25, -0.2) is 0 Å². The number of phenols is 2. The molecule has 1 amide bonds. The number of methoxy groups -OCH3 is 2. The first kappa shape index (κ1) is 41.8. The zero-order chi connectivity index (χ0) is 37.4. The van der Waals surface area contributed by atoms with Crippen molar-refractivity contribution in [3.63, 3.8) is 0 Å². The fraction of sp³-hybridized carbons (Fsp3) is 0.486. The van der Waals surface area contributed by atoms with Crippen LogP contribution >= 0.6 is 0 Å². The van der Waals surface area contributed by atoms with Crippen molar-refractivity contribution in [2.75, 3.05) is 19.5 Å². The van der Waals surface area contributed by atoms with E-state index in [0.717, 1.165) is 6.07 Å². The molecule has 3 aliphatic heterocycles. The van der Waals surface area contributed by atoms with Gasteiger partial charge >= 0.3 is 41.3 Å². The number of rotatable bonds is 2. The Morgan fingerprint density at radius 2 is 1.61 bits per heavy atom. The van der Waals surface area contributed by atoms with Crippen LogP contribution in [0.15, 0.2) is 42.2 Å². The minimum absolute atomic E-state index is 0. The Kier molecular flexibility index (Phi) is 13.4. The van der Waals surface area contributed by atoms with Crippen molar-refractivity contribution in [3.8, 4) is 23.0 Å². The van der Waals surface area contributed by atoms with Gasteiger partial charge in [0.1, 0.15) is 11.5 Å².